The summed E-state index contributed by atoms with van der Waals surface area (Å²) in [7, 11) is 3.75. The summed E-state index contributed by atoms with van der Waals surface area (Å²) in [4.78, 5) is 13.7. The third-order valence-corrected chi connectivity index (χ3v) is 2.66. The van der Waals surface area contributed by atoms with E-state index in [-0.39, 0.29) is 11.9 Å². The molecule has 0 radical (unpaired) electrons. The average Bonchev–Trinajstić information content (AvgIpc) is 2.20. The minimum Gasteiger partial charge on any atom is -0.399 e. The Labute approximate surface area is 96.4 Å². The van der Waals surface area contributed by atoms with Crippen LogP contribution in [0.25, 0.3) is 0 Å². The molecule has 88 valence electrons. The van der Waals surface area contributed by atoms with Crippen molar-refractivity contribution in [3.05, 3.63) is 23.8 Å². The van der Waals surface area contributed by atoms with Crippen molar-refractivity contribution in [2.24, 2.45) is 0 Å². The predicted octanol–water partition coefficient (Wildman–Crippen LogP) is 1.47. The fourth-order valence-electron chi connectivity index (χ4n) is 1.30. The molecule has 0 aliphatic heterocycles. The van der Waals surface area contributed by atoms with E-state index < -0.39 is 0 Å². The molecule has 4 nitrogen and oxygen atoms in total. The maximum absolute atomic E-state index is 11.8. The van der Waals surface area contributed by atoms with E-state index in [1.807, 2.05) is 45.0 Å². The van der Waals surface area contributed by atoms with Gasteiger partial charge in [-0.15, -0.1) is 0 Å². The van der Waals surface area contributed by atoms with Crippen molar-refractivity contribution in [2.75, 3.05) is 25.1 Å². The molecule has 1 aromatic carbocycles. The quantitative estimate of drug-likeness (QED) is 0.760. The summed E-state index contributed by atoms with van der Waals surface area (Å²) >= 11 is 0. The molecule has 1 aromatic rings. The number of rotatable bonds is 3. The van der Waals surface area contributed by atoms with Gasteiger partial charge in [-0.05, 0) is 51.7 Å². The van der Waals surface area contributed by atoms with Crippen LogP contribution in [0.5, 0.6) is 0 Å². The zero-order valence-corrected chi connectivity index (χ0v) is 10.2. The molecule has 1 atom stereocenters. The minimum absolute atomic E-state index is 0.0159. The summed E-state index contributed by atoms with van der Waals surface area (Å²) in [5, 5.41) is 2.88. The first-order valence-electron chi connectivity index (χ1n) is 5.25. The summed E-state index contributed by atoms with van der Waals surface area (Å²) in [5.41, 5.74) is 8.13. The summed E-state index contributed by atoms with van der Waals surface area (Å²) in [6.07, 6.45) is 0. The zero-order valence-electron chi connectivity index (χ0n) is 10.2. The van der Waals surface area contributed by atoms with Crippen LogP contribution in [0.15, 0.2) is 18.2 Å². The van der Waals surface area contributed by atoms with Gasteiger partial charge in [0.2, 0.25) is 5.91 Å². The van der Waals surface area contributed by atoms with Crippen LogP contribution in [-0.2, 0) is 4.79 Å². The standard InChI is InChI=1S/C12H19N3O/c1-8-7-10(13)5-6-11(8)14-12(16)9(2)15(3)4/h5-7,9H,13H2,1-4H3,(H,14,16). The van der Waals surface area contributed by atoms with Crippen LogP contribution < -0.4 is 11.1 Å². The Balaban J connectivity index is 2.77. The lowest BCUT2D eigenvalue weighted by atomic mass is 10.1. The second-order valence-electron chi connectivity index (χ2n) is 4.20. The molecule has 0 saturated carbocycles. The smallest absolute Gasteiger partial charge is 0.241 e. The van der Waals surface area contributed by atoms with Crippen molar-refractivity contribution in [3.8, 4) is 0 Å². The number of carbonyl (C=O) groups is 1. The third kappa shape index (κ3) is 2.97. The Morgan fingerprint density at radius 3 is 2.56 bits per heavy atom. The van der Waals surface area contributed by atoms with Crippen molar-refractivity contribution in [1.82, 2.24) is 4.90 Å². The number of nitrogens with one attached hydrogen (secondary N) is 1. The predicted molar refractivity (Wildman–Crippen MR) is 67.4 cm³/mol. The Kier molecular flexibility index (Phi) is 3.90. The Morgan fingerprint density at radius 2 is 2.06 bits per heavy atom. The molecule has 0 aromatic heterocycles. The molecule has 4 heteroatoms. The van der Waals surface area contributed by atoms with Gasteiger partial charge in [0.1, 0.15) is 0 Å². The van der Waals surface area contributed by atoms with Crippen LogP contribution in [0.3, 0.4) is 0 Å². The van der Waals surface area contributed by atoms with Crippen molar-refractivity contribution in [3.63, 3.8) is 0 Å². The molecule has 3 N–H and O–H groups in total. The van der Waals surface area contributed by atoms with E-state index in [1.165, 1.54) is 0 Å². The van der Waals surface area contributed by atoms with E-state index in [2.05, 4.69) is 5.32 Å². The third-order valence-electron chi connectivity index (χ3n) is 2.66. The highest BCUT2D eigenvalue weighted by molar-refractivity contribution is 5.95. The van der Waals surface area contributed by atoms with E-state index in [1.54, 1.807) is 6.07 Å². The van der Waals surface area contributed by atoms with Gasteiger partial charge >= 0.3 is 0 Å². The summed E-state index contributed by atoms with van der Waals surface area (Å²) in [5.74, 6) is -0.0159. The van der Waals surface area contributed by atoms with Crippen molar-refractivity contribution in [1.29, 1.82) is 0 Å². The Morgan fingerprint density at radius 1 is 1.44 bits per heavy atom. The molecule has 0 bridgehead atoms. The largest absolute Gasteiger partial charge is 0.399 e. The molecular weight excluding hydrogens is 202 g/mol. The van der Waals surface area contributed by atoms with Gasteiger partial charge in [-0.2, -0.15) is 0 Å². The second-order valence-corrected chi connectivity index (χ2v) is 4.20. The summed E-state index contributed by atoms with van der Waals surface area (Å²) in [6, 6.07) is 5.29. The molecule has 1 amide bonds. The minimum atomic E-state index is -0.156. The second kappa shape index (κ2) is 4.99. The number of hydrogen-bond donors (Lipinski definition) is 2. The lowest BCUT2D eigenvalue weighted by Gasteiger charge is -2.19. The number of benzene rings is 1. The number of amides is 1. The number of hydrogen-bond acceptors (Lipinski definition) is 3. The highest BCUT2D eigenvalue weighted by Gasteiger charge is 2.15. The van der Waals surface area contributed by atoms with Gasteiger partial charge in [0.15, 0.2) is 0 Å². The first-order chi connectivity index (χ1) is 7.41. The molecule has 0 aliphatic rings. The van der Waals surface area contributed by atoms with Crippen molar-refractivity contribution < 1.29 is 4.79 Å². The van der Waals surface area contributed by atoms with Gasteiger partial charge in [0.05, 0.1) is 6.04 Å². The Hall–Kier alpha value is -1.55. The van der Waals surface area contributed by atoms with E-state index in [0.717, 1.165) is 11.3 Å². The number of carbonyl (C=O) groups excluding carboxylic acids is 1. The number of nitrogens with two attached hydrogens (primary N) is 1. The van der Waals surface area contributed by atoms with Crippen LogP contribution in [-0.4, -0.2) is 30.9 Å². The number of likely N-dealkylation sites (N-methyl/N-ethyl adjacent to an activating group) is 1. The maximum Gasteiger partial charge on any atom is 0.241 e. The van der Waals surface area contributed by atoms with Gasteiger partial charge in [0, 0.05) is 11.4 Å². The van der Waals surface area contributed by atoms with Gasteiger partial charge in [0.25, 0.3) is 0 Å². The van der Waals surface area contributed by atoms with Crippen molar-refractivity contribution >= 4 is 17.3 Å². The molecule has 0 spiro atoms. The topological polar surface area (TPSA) is 58.4 Å². The molecule has 0 heterocycles. The van der Waals surface area contributed by atoms with E-state index in [0.29, 0.717) is 5.69 Å². The number of aryl methyl sites for hydroxylation is 1. The number of nitrogens with zero attached hydrogens (tertiary/aromatic N) is 1. The highest BCUT2D eigenvalue weighted by Crippen LogP contribution is 2.17. The molecule has 0 aliphatic carbocycles. The summed E-state index contributed by atoms with van der Waals surface area (Å²) in [6.45, 7) is 3.79. The van der Waals surface area contributed by atoms with Crippen LogP contribution in [0.4, 0.5) is 11.4 Å². The molecule has 1 unspecified atom stereocenters. The van der Waals surface area contributed by atoms with E-state index >= 15 is 0 Å². The van der Waals surface area contributed by atoms with E-state index in [9.17, 15) is 4.79 Å². The lowest BCUT2D eigenvalue weighted by molar-refractivity contribution is -0.119. The molecular formula is C12H19N3O. The maximum atomic E-state index is 11.8. The van der Waals surface area contributed by atoms with Gasteiger partial charge in [-0.25, -0.2) is 0 Å². The Bertz CT molecular complexity index is 388. The normalized spacial score (nSPS) is 12.6. The van der Waals surface area contributed by atoms with Crippen LogP contribution in [0.2, 0.25) is 0 Å². The monoisotopic (exact) mass is 221 g/mol. The van der Waals surface area contributed by atoms with Gasteiger partial charge in [-0.1, -0.05) is 0 Å². The SMILES string of the molecule is Cc1cc(N)ccc1NC(=O)C(C)N(C)C. The number of anilines is 2. The first-order valence-corrected chi connectivity index (χ1v) is 5.25. The highest BCUT2D eigenvalue weighted by atomic mass is 16.2. The molecule has 16 heavy (non-hydrogen) atoms. The summed E-state index contributed by atoms with van der Waals surface area (Å²) < 4.78 is 0. The van der Waals surface area contributed by atoms with E-state index in [4.69, 9.17) is 5.73 Å². The lowest BCUT2D eigenvalue weighted by Crippen LogP contribution is -2.37. The zero-order chi connectivity index (χ0) is 12.3. The van der Waals surface area contributed by atoms with Crippen LogP contribution >= 0.6 is 0 Å². The van der Waals surface area contributed by atoms with Crippen LogP contribution in [0, 0.1) is 6.92 Å². The van der Waals surface area contributed by atoms with Gasteiger partial charge in [-0.3, -0.25) is 9.69 Å². The average molecular weight is 221 g/mol. The first kappa shape index (κ1) is 12.5. The molecule has 1 rings (SSSR count). The number of nitrogen functional groups attached to an aromatic ring is 1. The van der Waals surface area contributed by atoms with Crippen molar-refractivity contribution in [2.45, 2.75) is 19.9 Å². The molecule has 0 fully saturated rings. The van der Waals surface area contributed by atoms with Gasteiger partial charge < -0.3 is 11.1 Å². The fourth-order valence-corrected chi connectivity index (χ4v) is 1.30. The van der Waals surface area contributed by atoms with Crippen LogP contribution in [0.1, 0.15) is 12.5 Å². The molecule has 0 saturated heterocycles. The fraction of sp³-hybridized carbons (Fsp3) is 0.417.